The molecule has 0 aliphatic heterocycles. The summed E-state index contributed by atoms with van der Waals surface area (Å²) in [6.45, 7) is 8.51. The summed E-state index contributed by atoms with van der Waals surface area (Å²) >= 11 is 5.52. The number of hydrogen-bond donors (Lipinski definition) is 1. The molecular weight excluding hydrogens is 344 g/mol. The third-order valence-electron chi connectivity index (χ3n) is 3.66. The number of thiazole rings is 1. The van der Waals surface area contributed by atoms with Crippen LogP contribution in [0.1, 0.15) is 40.4 Å². The monoisotopic (exact) mass is 366 g/mol. The quantitative estimate of drug-likeness (QED) is 0.708. The minimum absolute atomic E-state index is 0.456. The van der Waals surface area contributed by atoms with E-state index in [2.05, 4.69) is 66.3 Å². The van der Waals surface area contributed by atoms with Crippen molar-refractivity contribution in [1.29, 1.82) is 0 Å². The summed E-state index contributed by atoms with van der Waals surface area (Å²) in [5, 5.41) is 4.80. The molecule has 1 N–H and O–H groups in total. The van der Waals surface area contributed by atoms with Gasteiger partial charge >= 0.3 is 0 Å². The summed E-state index contributed by atoms with van der Waals surface area (Å²) < 4.78 is 1.19. The van der Waals surface area contributed by atoms with E-state index in [1.165, 1.54) is 25.6 Å². The molecule has 1 aromatic heterocycles. The fourth-order valence-electron chi connectivity index (χ4n) is 2.39. The fourth-order valence-corrected chi connectivity index (χ4v) is 4.01. The molecule has 0 radical (unpaired) electrons. The van der Waals surface area contributed by atoms with Gasteiger partial charge in [-0.25, -0.2) is 4.98 Å². The van der Waals surface area contributed by atoms with Crippen molar-refractivity contribution in [2.75, 3.05) is 13.1 Å². The molecular formula is C17H23BrN2S. The van der Waals surface area contributed by atoms with Crippen molar-refractivity contribution in [1.82, 2.24) is 10.3 Å². The molecule has 2 rings (SSSR count). The molecule has 0 saturated carbocycles. The molecule has 1 heterocycles. The molecule has 1 atom stereocenters. The SMILES string of the molecule is CCCNCC(Cc1nc(C)c(C)s1)c1ccccc1Br. The third kappa shape index (κ3) is 4.63. The molecule has 0 saturated heterocycles. The van der Waals surface area contributed by atoms with Gasteiger partial charge in [-0.2, -0.15) is 0 Å². The second-order valence-corrected chi connectivity index (χ2v) is 7.52. The van der Waals surface area contributed by atoms with Crippen molar-refractivity contribution in [3.63, 3.8) is 0 Å². The van der Waals surface area contributed by atoms with Gasteiger partial charge in [0, 0.05) is 28.2 Å². The van der Waals surface area contributed by atoms with Crippen LogP contribution in [0.4, 0.5) is 0 Å². The summed E-state index contributed by atoms with van der Waals surface area (Å²) in [5.74, 6) is 0.456. The number of rotatable bonds is 7. The van der Waals surface area contributed by atoms with Crippen molar-refractivity contribution in [2.24, 2.45) is 0 Å². The highest BCUT2D eigenvalue weighted by molar-refractivity contribution is 9.10. The Morgan fingerprint density at radius 1 is 1.29 bits per heavy atom. The number of hydrogen-bond acceptors (Lipinski definition) is 3. The Morgan fingerprint density at radius 3 is 2.67 bits per heavy atom. The van der Waals surface area contributed by atoms with Gasteiger partial charge in [0.25, 0.3) is 0 Å². The van der Waals surface area contributed by atoms with Gasteiger partial charge < -0.3 is 5.32 Å². The number of benzene rings is 1. The molecule has 21 heavy (non-hydrogen) atoms. The maximum Gasteiger partial charge on any atom is 0.0937 e. The molecule has 0 aliphatic rings. The normalized spacial score (nSPS) is 12.6. The molecule has 0 bridgehead atoms. The molecule has 2 aromatic rings. The lowest BCUT2D eigenvalue weighted by atomic mass is 9.96. The van der Waals surface area contributed by atoms with E-state index in [0.717, 1.165) is 25.9 Å². The topological polar surface area (TPSA) is 24.9 Å². The van der Waals surface area contributed by atoms with Crippen molar-refractivity contribution in [3.05, 3.63) is 49.9 Å². The Morgan fingerprint density at radius 2 is 2.05 bits per heavy atom. The number of aromatic nitrogens is 1. The summed E-state index contributed by atoms with van der Waals surface area (Å²) in [5.41, 5.74) is 2.54. The largest absolute Gasteiger partial charge is 0.316 e. The first kappa shape index (κ1) is 16.7. The predicted octanol–water partition coefficient (Wildman–Crippen LogP) is 4.85. The van der Waals surface area contributed by atoms with Crippen LogP contribution < -0.4 is 5.32 Å². The first-order valence-electron chi connectivity index (χ1n) is 7.49. The number of halogens is 1. The van der Waals surface area contributed by atoms with Crippen LogP contribution in [0.2, 0.25) is 0 Å². The van der Waals surface area contributed by atoms with Crippen molar-refractivity contribution in [3.8, 4) is 0 Å². The molecule has 1 aromatic carbocycles. The van der Waals surface area contributed by atoms with E-state index in [9.17, 15) is 0 Å². The number of aryl methyl sites for hydroxylation is 2. The van der Waals surface area contributed by atoms with E-state index in [4.69, 9.17) is 4.98 Å². The lowest BCUT2D eigenvalue weighted by Crippen LogP contribution is -2.24. The molecule has 0 fully saturated rings. The molecule has 0 amide bonds. The van der Waals surface area contributed by atoms with Crippen LogP contribution in [0.5, 0.6) is 0 Å². The Labute approximate surface area is 140 Å². The highest BCUT2D eigenvalue weighted by Crippen LogP contribution is 2.29. The summed E-state index contributed by atoms with van der Waals surface area (Å²) in [4.78, 5) is 6.04. The summed E-state index contributed by atoms with van der Waals surface area (Å²) in [6, 6.07) is 8.53. The minimum Gasteiger partial charge on any atom is -0.316 e. The van der Waals surface area contributed by atoms with Gasteiger partial charge in [0.05, 0.1) is 10.7 Å². The van der Waals surface area contributed by atoms with E-state index in [1.807, 2.05) is 11.3 Å². The van der Waals surface area contributed by atoms with Crippen molar-refractivity contribution < 1.29 is 0 Å². The second kappa shape index (κ2) is 8.06. The van der Waals surface area contributed by atoms with Gasteiger partial charge in [0.2, 0.25) is 0 Å². The Bertz CT molecular complexity index is 560. The van der Waals surface area contributed by atoms with E-state index >= 15 is 0 Å². The van der Waals surface area contributed by atoms with Gasteiger partial charge in [0.15, 0.2) is 0 Å². The summed E-state index contributed by atoms with van der Waals surface area (Å²) in [6.07, 6.45) is 2.16. The average molecular weight is 367 g/mol. The van der Waals surface area contributed by atoms with Crippen LogP contribution in [-0.2, 0) is 6.42 Å². The van der Waals surface area contributed by atoms with Gasteiger partial charge in [-0.1, -0.05) is 41.1 Å². The zero-order valence-electron chi connectivity index (χ0n) is 12.9. The van der Waals surface area contributed by atoms with E-state index in [1.54, 1.807) is 0 Å². The zero-order valence-corrected chi connectivity index (χ0v) is 15.4. The van der Waals surface area contributed by atoms with Gasteiger partial charge in [0.1, 0.15) is 0 Å². The van der Waals surface area contributed by atoms with Crippen molar-refractivity contribution >= 4 is 27.3 Å². The first-order chi connectivity index (χ1) is 10.1. The van der Waals surface area contributed by atoms with Gasteiger partial charge in [-0.05, 0) is 38.4 Å². The van der Waals surface area contributed by atoms with E-state index < -0.39 is 0 Å². The van der Waals surface area contributed by atoms with E-state index in [0.29, 0.717) is 5.92 Å². The summed E-state index contributed by atoms with van der Waals surface area (Å²) in [7, 11) is 0. The number of nitrogens with zero attached hydrogens (tertiary/aromatic N) is 1. The highest BCUT2D eigenvalue weighted by Gasteiger charge is 2.17. The minimum atomic E-state index is 0.456. The van der Waals surface area contributed by atoms with Crippen LogP contribution in [-0.4, -0.2) is 18.1 Å². The maximum atomic E-state index is 4.71. The number of nitrogens with one attached hydrogen (secondary N) is 1. The lowest BCUT2D eigenvalue weighted by Gasteiger charge is -2.18. The van der Waals surface area contributed by atoms with Crippen LogP contribution >= 0.6 is 27.3 Å². The lowest BCUT2D eigenvalue weighted by molar-refractivity contribution is 0.574. The van der Waals surface area contributed by atoms with Gasteiger partial charge in [-0.3, -0.25) is 0 Å². The molecule has 4 heteroatoms. The van der Waals surface area contributed by atoms with Crippen LogP contribution in [0.15, 0.2) is 28.7 Å². The molecule has 0 spiro atoms. The Kier molecular flexibility index (Phi) is 6.40. The predicted molar refractivity (Wildman–Crippen MR) is 95.3 cm³/mol. The van der Waals surface area contributed by atoms with Gasteiger partial charge in [-0.15, -0.1) is 11.3 Å². The highest BCUT2D eigenvalue weighted by atomic mass is 79.9. The van der Waals surface area contributed by atoms with Crippen molar-refractivity contribution in [2.45, 2.75) is 39.5 Å². The maximum absolute atomic E-state index is 4.71. The first-order valence-corrected chi connectivity index (χ1v) is 9.10. The molecule has 1 unspecified atom stereocenters. The van der Waals surface area contributed by atoms with Crippen LogP contribution in [0.3, 0.4) is 0 Å². The van der Waals surface area contributed by atoms with E-state index in [-0.39, 0.29) is 0 Å². The Balaban J connectivity index is 2.17. The molecule has 2 nitrogen and oxygen atoms in total. The zero-order chi connectivity index (χ0) is 15.2. The second-order valence-electron chi connectivity index (χ2n) is 5.38. The standard InChI is InChI=1S/C17H23BrN2S/c1-4-9-19-11-14(15-7-5-6-8-16(15)18)10-17-20-12(2)13(3)21-17/h5-8,14,19H,4,9-11H2,1-3H3. The Hall–Kier alpha value is -0.710. The van der Waals surface area contributed by atoms with Crippen LogP contribution in [0.25, 0.3) is 0 Å². The molecule has 0 aliphatic carbocycles. The van der Waals surface area contributed by atoms with Crippen LogP contribution in [0, 0.1) is 13.8 Å². The fraction of sp³-hybridized carbons (Fsp3) is 0.471. The third-order valence-corrected chi connectivity index (χ3v) is 5.47. The smallest absolute Gasteiger partial charge is 0.0937 e. The molecule has 114 valence electrons. The average Bonchev–Trinajstić information content (AvgIpc) is 2.77.